The SMILES string of the molecule is COc1cccc(NC(=O)c2ccc(CSc3nc4ccccc4[nH]3)cc2)c1. The summed E-state index contributed by atoms with van der Waals surface area (Å²) >= 11 is 1.64. The van der Waals surface area contributed by atoms with Crippen LogP contribution < -0.4 is 10.1 Å². The summed E-state index contributed by atoms with van der Waals surface area (Å²) in [5.41, 5.74) is 4.45. The van der Waals surface area contributed by atoms with Gasteiger partial charge in [-0.2, -0.15) is 0 Å². The molecule has 1 amide bonds. The molecule has 0 atom stereocenters. The molecule has 0 aliphatic heterocycles. The van der Waals surface area contributed by atoms with E-state index in [2.05, 4.69) is 15.3 Å². The van der Waals surface area contributed by atoms with E-state index in [1.165, 1.54) is 0 Å². The zero-order valence-electron chi connectivity index (χ0n) is 15.3. The molecule has 1 heterocycles. The van der Waals surface area contributed by atoms with Gasteiger partial charge in [0.15, 0.2) is 5.16 Å². The first-order valence-corrected chi connectivity index (χ1v) is 9.82. The number of para-hydroxylation sites is 2. The van der Waals surface area contributed by atoms with Crippen LogP contribution in [0.2, 0.25) is 0 Å². The Morgan fingerprint density at radius 1 is 1.07 bits per heavy atom. The minimum atomic E-state index is -0.148. The normalized spacial score (nSPS) is 10.8. The van der Waals surface area contributed by atoms with E-state index < -0.39 is 0 Å². The average molecular weight is 389 g/mol. The van der Waals surface area contributed by atoms with Gasteiger partial charge in [-0.25, -0.2) is 4.98 Å². The van der Waals surface area contributed by atoms with Crippen molar-refractivity contribution in [1.29, 1.82) is 0 Å². The maximum Gasteiger partial charge on any atom is 0.255 e. The van der Waals surface area contributed by atoms with Crippen molar-refractivity contribution in [2.24, 2.45) is 0 Å². The van der Waals surface area contributed by atoms with Gasteiger partial charge < -0.3 is 15.0 Å². The van der Waals surface area contributed by atoms with Gasteiger partial charge in [0.05, 0.1) is 18.1 Å². The van der Waals surface area contributed by atoms with Gasteiger partial charge in [-0.05, 0) is 42.0 Å². The Labute approximate surface area is 167 Å². The highest BCUT2D eigenvalue weighted by atomic mass is 32.2. The fourth-order valence-corrected chi connectivity index (χ4v) is 3.65. The molecule has 0 unspecified atom stereocenters. The van der Waals surface area contributed by atoms with Crippen LogP contribution in [0.25, 0.3) is 11.0 Å². The van der Waals surface area contributed by atoms with Crippen molar-refractivity contribution < 1.29 is 9.53 Å². The number of thioether (sulfide) groups is 1. The van der Waals surface area contributed by atoms with Gasteiger partial charge in [-0.1, -0.05) is 42.1 Å². The lowest BCUT2D eigenvalue weighted by atomic mass is 10.1. The molecule has 4 rings (SSSR count). The summed E-state index contributed by atoms with van der Waals surface area (Å²) in [4.78, 5) is 20.3. The second kappa shape index (κ2) is 8.19. The van der Waals surface area contributed by atoms with Gasteiger partial charge >= 0.3 is 0 Å². The number of carbonyl (C=O) groups excluding carboxylic acids is 1. The van der Waals surface area contributed by atoms with E-state index in [9.17, 15) is 4.79 Å². The molecule has 6 heteroatoms. The molecular formula is C22H19N3O2S. The number of hydrogen-bond acceptors (Lipinski definition) is 4. The van der Waals surface area contributed by atoms with Crippen LogP contribution in [0.15, 0.2) is 78.0 Å². The van der Waals surface area contributed by atoms with Crippen molar-refractivity contribution >= 4 is 34.4 Å². The zero-order chi connectivity index (χ0) is 19.3. The first-order chi connectivity index (χ1) is 13.7. The van der Waals surface area contributed by atoms with E-state index in [-0.39, 0.29) is 5.91 Å². The zero-order valence-corrected chi connectivity index (χ0v) is 16.1. The number of H-pyrrole nitrogens is 1. The molecule has 0 fully saturated rings. The average Bonchev–Trinajstić information content (AvgIpc) is 3.16. The van der Waals surface area contributed by atoms with Gasteiger partial charge in [0, 0.05) is 23.1 Å². The standard InChI is InChI=1S/C22H19N3O2S/c1-27-18-6-4-5-17(13-18)23-21(26)16-11-9-15(10-12-16)14-28-22-24-19-7-2-3-8-20(19)25-22/h2-13H,14H2,1H3,(H,23,26)(H,24,25). The predicted molar refractivity (Wildman–Crippen MR) is 113 cm³/mol. The molecule has 4 aromatic rings. The van der Waals surface area contributed by atoms with Crippen molar-refractivity contribution in [3.8, 4) is 5.75 Å². The topological polar surface area (TPSA) is 67.0 Å². The number of imidazole rings is 1. The molecule has 0 spiro atoms. The highest BCUT2D eigenvalue weighted by molar-refractivity contribution is 7.98. The highest BCUT2D eigenvalue weighted by Crippen LogP contribution is 2.23. The van der Waals surface area contributed by atoms with E-state index in [0.717, 1.165) is 27.5 Å². The Kier molecular flexibility index (Phi) is 5.30. The molecule has 0 aliphatic rings. The third-order valence-corrected chi connectivity index (χ3v) is 5.23. The van der Waals surface area contributed by atoms with Crippen LogP contribution in [0.5, 0.6) is 5.75 Å². The Morgan fingerprint density at radius 3 is 2.68 bits per heavy atom. The second-order valence-corrected chi connectivity index (χ2v) is 7.19. The van der Waals surface area contributed by atoms with Gasteiger partial charge in [0.2, 0.25) is 0 Å². The monoisotopic (exact) mass is 389 g/mol. The first-order valence-electron chi connectivity index (χ1n) is 8.83. The van der Waals surface area contributed by atoms with E-state index in [1.54, 1.807) is 24.9 Å². The molecule has 0 bridgehead atoms. The molecular weight excluding hydrogens is 370 g/mol. The van der Waals surface area contributed by atoms with Gasteiger partial charge in [0.25, 0.3) is 5.91 Å². The first kappa shape index (κ1) is 18.1. The number of hydrogen-bond donors (Lipinski definition) is 2. The molecule has 0 saturated carbocycles. The predicted octanol–water partition coefficient (Wildman–Crippen LogP) is 5.12. The number of nitrogens with one attached hydrogen (secondary N) is 2. The van der Waals surface area contributed by atoms with Crippen molar-refractivity contribution in [1.82, 2.24) is 9.97 Å². The maximum atomic E-state index is 12.4. The molecule has 0 saturated heterocycles. The summed E-state index contributed by atoms with van der Waals surface area (Å²) in [7, 11) is 1.60. The Balaban J connectivity index is 1.38. The lowest BCUT2D eigenvalue weighted by molar-refractivity contribution is 0.102. The fraction of sp³-hybridized carbons (Fsp3) is 0.0909. The number of benzene rings is 3. The molecule has 2 N–H and O–H groups in total. The largest absolute Gasteiger partial charge is 0.497 e. The van der Waals surface area contributed by atoms with Crippen molar-refractivity contribution in [2.75, 3.05) is 12.4 Å². The minimum Gasteiger partial charge on any atom is -0.497 e. The quantitative estimate of drug-likeness (QED) is 0.449. The third kappa shape index (κ3) is 4.18. The van der Waals surface area contributed by atoms with Gasteiger partial charge in [-0.15, -0.1) is 0 Å². The number of methoxy groups -OCH3 is 1. The number of rotatable bonds is 6. The number of aromatic nitrogens is 2. The number of aromatic amines is 1. The molecule has 5 nitrogen and oxygen atoms in total. The van der Waals surface area contributed by atoms with Crippen LogP contribution >= 0.6 is 11.8 Å². The van der Waals surface area contributed by atoms with Crippen LogP contribution in [0.1, 0.15) is 15.9 Å². The number of anilines is 1. The maximum absolute atomic E-state index is 12.4. The Hall–Kier alpha value is -3.25. The van der Waals surface area contributed by atoms with Crippen LogP contribution in [0.3, 0.4) is 0 Å². The van der Waals surface area contributed by atoms with Gasteiger partial charge in [0.1, 0.15) is 5.75 Å². The number of fused-ring (bicyclic) bond motifs is 1. The van der Waals surface area contributed by atoms with E-state index in [4.69, 9.17) is 4.74 Å². The Bertz CT molecular complexity index is 1070. The van der Waals surface area contributed by atoms with Crippen molar-refractivity contribution in [3.63, 3.8) is 0 Å². The molecule has 140 valence electrons. The lowest BCUT2D eigenvalue weighted by Gasteiger charge is -2.07. The van der Waals surface area contributed by atoms with E-state index >= 15 is 0 Å². The molecule has 0 aliphatic carbocycles. The van der Waals surface area contributed by atoms with E-state index in [1.807, 2.05) is 66.7 Å². The summed E-state index contributed by atoms with van der Waals surface area (Å²) in [5, 5.41) is 3.78. The number of ether oxygens (including phenoxy) is 1. The van der Waals surface area contributed by atoms with Crippen molar-refractivity contribution in [3.05, 3.63) is 83.9 Å². The summed E-state index contributed by atoms with van der Waals surface area (Å²) in [6, 6.07) is 22.9. The number of nitrogens with zero attached hydrogens (tertiary/aromatic N) is 1. The van der Waals surface area contributed by atoms with E-state index in [0.29, 0.717) is 17.0 Å². The summed E-state index contributed by atoms with van der Waals surface area (Å²) in [6.45, 7) is 0. The molecule has 28 heavy (non-hydrogen) atoms. The summed E-state index contributed by atoms with van der Waals surface area (Å²) < 4.78 is 5.18. The van der Waals surface area contributed by atoms with Crippen LogP contribution in [-0.2, 0) is 5.75 Å². The second-order valence-electron chi connectivity index (χ2n) is 6.23. The molecule has 0 radical (unpaired) electrons. The smallest absolute Gasteiger partial charge is 0.255 e. The summed E-state index contributed by atoms with van der Waals surface area (Å²) in [5.74, 6) is 1.33. The fourth-order valence-electron chi connectivity index (χ4n) is 2.81. The third-order valence-electron chi connectivity index (χ3n) is 4.29. The van der Waals surface area contributed by atoms with Gasteiger partial charge in [-0.3, -0.25) is 4.79 Å². The van der Waals surface area contributed by atoms with Crippen LogP contribution in [-0.4, -0.2) is 23.0 Å². The highest BCUT2D eigenvalue weighted by Gasteiger charge is 2.08. The minimum absolute atomic E-state index is 0.148. The number of amides is 1. The van der Waals surface area contributed by atoms with Crippen LogP contribution in [0.4, 0.5) is 5.69 Å². The molecule has 3 aromatic carbocycles. The number of carbonyl (C=O) groups is 1. The van der Waals surface area contributed by atoms with Crippen LogP contribution in [0, 0.1) is 0 Å². The summed E-state index contributed by atoms with van der Waals surface area (Å²) in [6.07, 6.45) is 0. The van der Waals surface area contributed by atoms with Crippen molar-refractivity contribution in [2.45, 2.75) is 10.9 Å². The Morgan fingerprint density at radius 2 is 1.89 bits per heavy atom. The molecule has 1 aromatic heterocycles. The lowest BCUT2D eigenvalue weighted by Crippen LogP contribution is -2.11.